The second-order valence-corrected chi connectivity index (χ2v) is 6.55. The number of aliphatic hydroxyl groups is 1. The lowest BCUT2D eigenvalue weighted by molar-refractivity contribution is -0.760. The van der Waals surface area contributed by atoms with Crippen molar-refractivity contribution < 1.29 is 19.3 Å². The highest BCUT2D eigenvalue weighted by Crippen LogP contribution is 2.43. The van der Waals surface area contributed by atoms with Crippen LogP contribution in [0.15, 0.2) is 58.3 Å². The summed E-state index contributed by atoms with van der Waals surface area (Å²) in [6, 6.07) is 7.96. The minimum atomic E-state index is -0.790. The van der Waals surface area contributed by atoms with Crippen molar-refractivity contribution in [1.29, 1.82) is 0 Å². The lowest BCUT2D eigenvalue weighted by atomic mass is 9.69. The molecule has 1 aliphatic heterocycles. The van der Waals surface area contributed by atoms with Gasteiger partial charge in [0.05, 0.1) is 18.1 Å². The fraction of sp³-hybridized carbons (Fsp3) is 0.474. The van der Waals surface area contributed by atoms with Crippen molar-refractivity contribution >= 4 is 0 Å². The average Bonchev–Trinajstić information content (AvgIpc) is 3.22. The van der Waals surface area contributed by atoms with Gasteiger partial charge in [0.15, 0.2) is 17.6 Å². The smallest absolute Gasteiger partial charge is 0.161 e. The van der Waals surface area contributed by atoms with Crippen molar-refractivity contribution in [3.8, 4) is 0 Å². The number of piperidine rings is 1. The largest absolute Gasteiger partial charge is 0.463 e. The Hall–Kier alpha value is -1.78. The Kier molecular flexibility index (Phi) is 4.74. The van der Waals surface area contributed by atoms with Crippen molar-refractivity contribution in [3.63, 3.8) is 0 Å². The van der Waals surface area contributed by atoms with Crippen molar-refractivity contribution in [3.05, 3.63) is 61.0 Å². The van der Waals surface area contributed by atoms with Gasteiger partial charge in [0.1, 0.15) is 6.04 Å². The summed E-state index contributed by atoms with van der Waals surface area (Å²) in [7, 11) is 0. The number of furan rings is 2. The van der Waals surface area contributed by atoms with Crippen LogP contribution in [0.4, 0.5) is 0 Å². The van der Waals surface area contributed by atoms with Crippen molar-refractivity contribution in [2.75, 3.05) is 0 Å². The summed E-state index contributed by atoms with van der Waals surface area (Å²) in [6.07, 6.45) is 8.45. The molecule has 0 saturated carbocycles. The molecule has 2 aromatic heterocycles. The lowest BCUT2D eigenvalue weighted by Crippen LogP contribution is -2.91. The Morgan fingerprint density at radius 2 is 2.00 bits per heavy atom. The van der Waals surface area contributed by atoms with Crippen LogP contribution in [0, 0.1) is 5.92 Å². The Labute approximate surface area is 137 Å². The highest BCUT2D eigenvalue weighted by molar-refractivity contribution is 5.12. The van der Waals surface area contributed by atoms with Gasteiger partial charge in [-0.3, -0.25) is 0 Å². The normalized spacial score (nSPS) is 31.1. The maximum atomic E-state index is 11.4. The van der Waals surface area contributed by atoms with Gasteiger partial charge in [-0.2, -0.15) is 0 Å². The first kappa shape index (κ1) is 16.1. The summed E-state index contributed by atoms with van der Waals surface area (Å²) in [5.41, 5.74) is -0.790. The van der Waals surface area contributed by atoms with Gasteiger partial charge < -0.3 is 19.3 Å². The zero-order valence-corrected chi connectivity index (χ0v) is 13.7. The minimum Gasteiger partial charge on any atom is -0.463 e. The molecular formula is C19H26NO3+. The second-order valence-electron chi connectivity index (χ2n) is 6.55. The SMILES string of the molecule is C=CC[C@@]1(O)C[C@@H](c2ccco2)[NH2+][C@@H](c2ccco2)[C@H]1CCC. The van der Waals surface area contributed by atoms with Crippen LogP contribution in [0.2, 0.25) is 0 Å². The van der Waals surface area contributed by atoms with Gasteiger partial charge in [0, 0.05) is 12.3 Å². The van der Waals surface area contributed by atoms with Crippen LogP contribution in [-0.2, 0) is 0 Å². The molecule has 3 rings (SSSR count). The van der Waals surface area contributed by atoms with Crippen molar-refractivity contribution in [1.82, 2.24) is 0 Å². The van der Waals surface area contributed by atoms with E-state index in [4.69, 9.17) is 8.83 Å². The number of quaternary nitrogens is 1. The Bertz CT molecular complexity index is 605. The van der Waals surface area contributed by atoms with E-state index in [9.17, 15) is 5.11 Å². The second kappa shape index (κ2) is 6.77. The Morgan fingerprint density at radius 3 is 2.57 bits per heavy atom. The maximum Gasteiger partial charge on any atom is 0.161 e. The number of nitrogens with two attached hydrogens (primary N) is 1. The molecule has 1 aliphatic rings. The number of hydrogen-bond acceptors (Lipinski definition) is 3. The van der Waals surface area contributed by atoms with E-state index in [-0.39, 0.29) is 18.0 Å². The molecule has 1 fully saturated rings. The fourth-order valence-corrected chi connectivity index (χ4v) is 4.03. The first-order chi connectivity index (χ1) is 11.2. The molecule has 4 nitrogen and oxygen atoms in total. The van der Waals surface area contributed by atoms with E-state index < -0.39 is 5.60 Å². The summed E-state index contributed by atoms with van der Waals surface area (Å²) in [5.74, 6) is 1.95. The van der Waals surface area contributed by atoms with Gasteiger partial charge in [-0.25, -0.2) is 0 Å². The quantitative estimate of drug-likeness (QED) is 0.803. The summed E-state index contributed by atoms with van der Waals surface area (Å²) in [4.78, 5) is 0. The monoisotopic (exact) mass is 316 g/mol. The van der Waals surface area contributed by atoms with Crippen LogP contribution in [0.25, 0.3) is 0 Å². The fourth-order valence-electron chi connectivity index (χ4n) is 4.03. The number of hydrogen-bond donors (Lipinski definition) is 2. The van der Waals surface area contributed by atoms with E-state index in [1.54, 1.807) is 12.5 Å². The Balaban J connectivity index is 1.97. The summed E-state index contributed by atoms with van der Waals surface area (Å²) >= 11 is 0. The van der Waals surface area contributed by atoms with Crippen LogP contribution in [0.1, 0.15) is 56.2 Å². The zero-order valence-electron chi connectivity index (χ0n) is 13.7. The van der Waals surface area contributed by atoms with Crippen LogP contribution in [-0.4, -0.2) is 10.7 Å². The molecule has 0 spiro atoms. The minimum absolute atomic E-state index is 0.0816. The number of rotatable bonds is 6. The zero-order chi connectivity index (χ0) is 16.3. The van der Waals surface area contributed by atoms with E-state index in [0.717, 1.165) is 24.4 Å². The third-order valence-electron chi connectivity index (χ3n) is 5.01. The molecule has 0 aliphatic carbocycles. The van der Waals surface area contributed by atoms with Crippen LogP contribution < -0.4 is 5.32 Å². The molecular weight excluding hydrogens is 290 g/mol. The third kappa shape index (κ3) is 3.14. The highest BCUT2D eigenvalue weighted by atomic mass is 16.3. The van der Waals surface area contributed by atoms with Crippen LogP contribution >= 0.6 is 0 Å². The molecule has 2 aromatic rings. The van der Waals surface area contributed by atoms with Crippen molar-refractivity contribution in [2.24, 2.45) is 5.92 Å². The molecule has 4 heteroatoms. The molecule has 4 atom stereocenters. The van der Waals surface area contributed by atoms with Gasteiger partial charge in [0.25, 0.3) is 0 Å². The standard InChI is InChI=1S/C19H25NO3/c1-3-7-14-18(17-9-6-12-23-17)20-15(16-8-5-11-22-16)13-19(14,21)10-4-2/h4-6,8-9,11-12,14-15,18,20-21H,2-3,7,10,13H2,1H3/p+1/t14-,15+,18-,19-/m1/s1. The molecule has 0 unspecified atom stereocenters. The lowest BCUT2D eigenvalue weighted by Gasteiger charge is -2.44. The predicted octanol–water partition coefficient (Wildman–Crippen LogP) is 3.35. The van der Waals surface area contributed by atoms with Gasteiger partial charge in [0.2, 0.25) is 0 Å². The summed E-state index contributed by atoms with van der Waals surface area (Å²) in [5, 5.41) is 13.7. The molecule has 0 bridgehead atoms. The van der Waals surface area contributed by atoms with Gasteiger partial charge in [-0.1, -0.05) is 19.4 Å². The highest BCUT2D eigenvalue weighted by Gasteiger charge is 2.51. The molecule has 1 saturated heterocycles. The molecule has 0 aromatic carbocycles. The van der Waals surface area contributed by atoms with Crippen LogP contribution in [0.5, 0.6) is 0 Å². The van der Waals surface area contributed by atoms with Gasteiger partial charge >= 0.3 is 0 Å². The first-order valence-electron chi connectivity index (χ1n) is 8.43. The average molecular weight is 316 g/mol. The molecule has 3 heterocycles. The molecule has 3 N–H and O–H groups in total. The molecule has 23 heavy (non-hydrogen) atoms. The van der Waals surface area contributed by atoms with E-state index >= 15 is 0 Å². The maximum absolute atomic E-state index is 11.4. The predicted molar refractivity (Wildman–Crippen MR) is 87.6 cm³/mol. The van der Waals surface area contributed by atoms with Gasteiger partial charge in [-0.15, -0.1) is 6.58 Å². The van der Waals surface area contributed by atoms with E-state index in [1.807, 2.05) is 30.3 Å². The molecule has 0 radical (unpaired) electrons. The molecule has 124 valence electrons. The van der Waals surface area contributed by atoms with E-state index in [0.29, 0.717) is 12.8 Å². The summed E-state index contributed by atoms with van der Waals surface area (Å²) in [6.45, 7) is 6.01. The third-order valence-corrected chi connectivity index (χ3v) is 5.01. The topological polar surface area (TPSA) is 63.1 Å². The summed E-state index contributed by atoms with van der Waals surface area (Å²) < 4.78 is 11.3. The van der Waals surface area contributed by atoms with E-state index in [1.165, 1.54) is 0 Å². The Morgan fingerprint density at radius 1 is 1.30 bits per heavy atom. The van der Waals surface area contributed by atoms with Gasteiger partial charge in [-0.05, 0) is 37.1 Å². The van der Waals surface area contributed by atoms with E-state index in [2.05, 4.69) is 18.8 Å². The van der Waals surface area contributed by atoms with Crippen molar-refractivity contribution in [2.45, 2.75) is 50.3 Å². The first-order valence-corrected chi connectivity index (χ1v) is 8.43. The molecule has 0 amide bonds. The van der Waals surface area contributed by atoms with Crippen LogP contribution in [0.3, 0.4) is 0 Å².